The number of nitrogens with two attached hydrogens (primary N) is 2. The van der Waals surface area contributed by atoms with Crippen LogP contribution in [0.2, 0.25) is 0 Å². The molecule has 0 radical (unpaired) electrons. The highest BCUT2D eigenvalue weighted by Gasteiger charge is 2.07. The number of anilines is 1. The fourth-order valence-electron chi connectivity index (χ4n) is 1.13. The van der Waals surface area contributed by atoms with Crippen LogP contribution >= 0.6 is 24.8 Å². The Morgan fingerprint density at radius 3 is 2.36 bits per heavy atom. The maximum atomic E-state index is 8.95. The van der Waals surface area contributed by atoms with Gasteiger partial charge in [-0.3, -0.25) is 0 Å². The Bertz CT molecular complexity index is 254. The van der Waals surface area contributed by atoms with Gasteiger partial charge in [0.1, 0.15) is 0 Å². The fraction of sp³-hybridized carbons (Fsp3) is 0.333. The Labute approximate surface area is 96.3 Å². The summed E-state index contributed by atoms with van der Waals surface area (Å²) in [6.07, 6.45) is 0. The average Bonchev–Trinajstić information content (AvgIpc) is 2.07. The van der Waals surface area contributed by atoms with E-state index in [4.69, 9.17) is 16.6 Å². The molecule has 82 valence electrons. The van der Waals surface area contributed by atoms with Crippen LogP contribution in [0.5, 0.6) is 0 Å². The second kappa shape index (κ2) is 7.88. The molecular weight excluding hydrogens is 223 g/mol. The highest BCUT2D eigenvalue weighted by molar-refractivity contribution is 5.85. The van der Waals surface area contributed by atoms with Crippen molar-refractivity contribution in [2.45, 2.75) is 5.92 Å². The molecule has 0 saturated carbocycles. The van der Waals surface area contributed by atoms with Crippen LogP contribution in [0.25, 0.3) is 0 Å². The molecule has 5 heteroatoms. The molecule has 1 rings (SSSR count). The molecule has 0 spiro atoms. The molecule has 3 nitrogen and oxygen atoms in total. The third kappa shape index (κ3) is 4.15. The van der Waals surface area contributed by atoms with Crippen LogP contribution in [-0.2, 0) is 0 Å². The quantitative estimate of drug-likeness (QED) is 0.693. The average molecular weight is 239 g/mol. The van der Waals surface area contributed by atoms with Crippen LogP contribution in [0.3, 0.4) is 0 Å². The van der Waals surface area contributed by atoms with Gasteiger partial charge in [0, 0.05) is 18.2 Å². The first-order valence-corrected chi connectivity index (χ1v) is 3.94. The van der Waals surface area contributed by atoms with E-state index < -0.39 is 0 Å². The molecule has 0 aliphatic heterocycles. The van der Waals surface area contributed by atoms with Gasteiger partial charge in [0.05, 0.1) is 6.61 Å². The summed E-state index contributed by atoms with van der Waals surface area (Å²) in [5.74, 6) is 0.00787. The van der Waals surface area contributed by atoms with Gasteiger partial charge >= 0.3 is 0 Å². The topological polar surface area (TPSA) is 72.3 Å². The van der Waals surface area contributed by atoms with Crippen molar-refractivity contribution in [1.82, 2.24) is 0 Å². The van der Waals surface area contributed by atoms with Crippen LogP contribution in [0.15, 0.2) is 24.3 Å². The van der Waals surface area contributed by atoms with Crippen molar-refractivity contribution in [2.75, 3.05) is 18.9 Å². The van der Waals surface area contributed by atoms with Crippen LogP contribution < -0.4 is 11.5 Å². The Hall–Kier alpha value is -0.480. The van der Waals surface area contributed by atoms with Crippen molar-refractivity contribution in [2.24, 2.45) is 5.73 Å². The van der Waals surface area contributed by atoms with E-state index in [2.05, 4.69) is 0 Å². The molecule has 1 atom stereocenters. The van der Waals surface area contributed by atoms with Gasteiger partial charge in [0.2, 0.25) is 0 Å². The number of hydrogen-bond acceptors (Lipinski definition) is 3. The molecule has 0 aromatic heterocycles. The first-order valence-electron chi connectivity index (χ1n) is 3.94. The van der Waals surface area contributed by atoms with Gasteiger partial charge in [-0.05, 0) is 17.7 Å². The first kappa shape index (κ1) is 16.0. The number of nitrogen functional groups attached to an aromatic ring is 1. The van der Waals surface area contributed by atoms with E-state index in [9.17, 15) is 0 Å². The van der Waals surface area contributed by atoms with Gasteiger partial charge in [0.15, 0.2) is 0 Å². The molecule has 0 saturated heterocycles. The summed E-state index contributed by atoms with van der Waals surface area (Å²) in [5.41, 5.74) is 12.8. The van der Waals surface area contributed by atoms with E-state index in [-0.39, 0.29) is 37.3 Å². The third-order valence-corrected chi connectivity index (χ3v) is 1.89. The lowest BCUT2D eigenvalue weighted by molar-refractivity contribution is 0.268. The van der Waals surface area contributed by atoms with Gasteiger partial charge in [0.25, 0.3) is 0 Å². The molecule has 0 aliphatic carbocycles. The number of aliphatic hydroxyl groups is 1. The molecule has 5 N–H and O–H groups in total. The lowest BCUT2D eigenvalue weighted by Crippen LogP contribution is -2.16. The Kier molecular flexibility index (Phi) is 8.99. The molecule has 14 heavy (non-hydrogen) atoms. The maximum absolute atomic E-state index is 8.95. The SMILES string of the molecule is Cl.Cl.NCC(CO)c1cccc(N)c1. The van der Waals surface area contributed by atoms with E-state index in [0.29, 0.717) is 12.2 Å². The lowest BCUT2D eigenvalue weighted by atomic mass is 10.00. The van der Waals surface area contributed by atoms with E-state index >= 15 is 0 Å². The van der Waals surface area contributed by atoms with Crippen molar-refractivity contribution in [1.29, 1.82) is 0 Å². The van der Waals surface area contributed by atoms with Crippen molar-refractivity contribution in [3.05, 3.63) is 29.8 Å². The summed E-state index contributed by atoms with van der Waals surface area (Å²) in [7, 11) is 0. The summed E-state index contributed by atoms with van der Waals surface area (Å²) in [5, 5.41) is 8.95. The van der Waals surface area contributed by atoms with Crippen molar-refractivity contribution < 1.29 is 5.11 Å². The molecule has 0 aliphatic rings. The highest BCUT2D eigenvalue weighted by atomic mass is 35.5. The number of hydrogen-bond donors (Lipinski definition) is 3. The van der Waals surface area contributed by atoms with Gasteiger partial charge in [-0.1, -0.05) is 12.1 Å². The Morgan fingerprint density at radius 1 is 1.29 bits per heavy atom. The normalized spacial score (nSPS) is 11.0. The van der Waals surface area contributed by atoms with E-state index in [1.54, 1.807) is 0 Å². The predicted molar refractivity (Wildman–Crippen MR) is 64.2 cm³/mol. The van der Waals surface area contributed by atoms with E-state index in [1.165, 1.54) is 0 Å². The molecule has 0 amide bonds. The minimum atomic E-state index is 0. The summed E-state index contributed by atoms with van der Waals surface area (Å²) < 4.78 is 0. The van der Waals surface area contributed by atoms with Gasteiger partial charge in [-0.15, -0.1) is 24.8 Å². The minimum Gasteiger partial charge on any atom is -0.399 e. The molecular formula is C9H16Cl2N2O. The van der Waals surface area contributed by atoms with Crippen molar-refractivity contribution in [3.63, 3.8) is 0 Å². The molecule has 1 aromatic rings. The predicted octanol–water partition coefficient (Wildman–Crippen LogP) is 1.15. The van der Waals surface area contributed by atoms with Crippen molar-refractivity contribution >= 4 is 30.5 Å². The lowest BCUT2D eigenvalue weighted by Gasteiger charge is -2.11. The minimum absolute atomic E-state index is 0. The van der Waals surface area contributed by atoms with Gasteiger partial charge < -0.3 is 16.6 Å². The second-order valence-corrected chi connectivity index (χ2v) is 2.79. The molecule has 1 aromatic carbocycles. The Morgan fingerprint density at radius 2 is 1.93 bits per heavy atom. The molecule has 1 unspecified atom stereocenters. The summed E-state index contributed by atoms with van der Waals surface area (Å²) in [4.78, 5) is 0. The second-order valence-electron chi connectivity index (χ2n) is 2.79. The third-order valence-electron chi connectivity index (χ3n) is 1.89. The van der Waals surface area contributed by atoms with Gasteiger partial charge in [-0.25, -0.2) is 0 Å². The molecule has 0 bridgehead atoms. The zero-order valence-corrected chi connectivity index (χ0v) is 9.35. The summed E-state index contributed by atoms with van der Waals surface area (Å²) in [6, 6.07) is 7.44. The zero-order chi connectivity index (χ0) is 8.97. The number of aliphatic hydroxyl groups excluding tert-OH is 1. The van der Waals surface area contributed by atoms with E-state index in [0.717, 1.165) is 5.56 Å². The zero-order valence-electron chi connectivity index (χ0n) is 7.72. The number of rotatable bonds is 3. The molecule has 0 heterocycles. The van der Waals surface area contributed by atoms with Crippen LogP contribution in [0.1, 0.15) is 11.5 Å². The summed E-state index contributed by atoms with van der Waals surface area (Å²) >= 11 is 0. The summed E-state index contributed by atoms with van der Waals surface area (Å²) in [6.45, 7) is 0.514. The number of halogens is 2. The largest absolute Gasteiger partial charge is 0.399 e. The highest BCUT2D eigenvalue weighted by Crippen LogP contribution is 2.16. The molecule has 0 fully saturated rings. The smallest absolute Gasteiger partial charge is 0.0511 e. The maximum Gasteiger partial charge on any atom is 0.0511 e. The monoisotopic (exact) mass is 238 g/mol. The van der Waals surface area contributed by atoms with Crippen LogP contribution in [0.4, 0.5) is 5.69 Å². The van der Waals surface area contributed by atoms with Crippen LogP contribution in [0, 0.1) is 0 Å². The fourth-order valence-corrected chi connectivity index (χ4v) is 1.13. The van der Waals surface area contributed by atoms with Crippen LogP contribution in [-0.4, -0.2) is 18.3 Å². The van der Waals surface area contributed by atoms with Gasteiger partial charge in [-0.2, -0.15) is 0 Å². The Balaban J connectivity index is 0. The number of benzene rings is 1. The van der Waals surface area contributed by atoms with Crippen molar-refractivity contribution in [3.8, 4) is 0 Å². The standard InChI is InChI=1S/C9H14N2O.2ClH/c10-5-8(6-12)7-2-1-3-9(11)4-7;;/h1-4,8,12H,5-6,10-11H2;2*1H. The van der Waals surface area contributed by atoms with E-state index in [1.807, 2.05) is 24.3 Å². The first-order chi connectivity index (χ1) is 5.77.